The highest BCUT2D eigenvalue weighted by Gasteiger charge is 2.32. The number of carbonyl (C=O) groups is 2. The van der Waals surface area contributed by atoms with Gasteiger partial charge in [-0.1, -0.05) is 31.0 Å². The van der Waals surface area contributed by atoms with Gasteiger partial charge in [0.25, 0.3) is 5.91 Å². The molecule has 0 aliphatic carbocycles. The lowest BCUT2D eigenvalue weighted by atomic mass is 10.2. The van der Waals surface area contributed by atoms with E-state index in [0.29, 0.717) is 19.6 Å². The number of methoxy groups -OCH3 is 1. The maximum absolute atomic E-state index is 13.3. The molecular weight excluding hydrogens is 456 g/mol. The number of nitrogens with zero attached hydrogens (tertiary/aromatic N) is 2. The van der Waals surface area contributed by atoms with E-state index in [4.69, 9.17) is 9.47 Å². The normalized spacial score (nSPS) is 17.5. The monoisotopic (exact) mass is 486 g/mol. The SMILES string of the molecule is COc1ccc(C(=O)OC(C)C(=O)N2CCc3ccccc32)cc1S(=O)(=O)N1CCCCCC1. The van der Waals surface area contributed by atoms with Gasteiger partial charge in [-0.25, -0.2) is 13.2 Å². The molecule has 182 valence electrons. The summed E-state index contributed by atoms with van der Waals surface area (Å²) in [6, 6.07) is 11.8. The Hall–Kier alpha value is -2.91. The fraction of sp³-hybridized carbons (Fsp3) is 0.440. The molecule has 1 amide bonds. The van der Waals surface area contributed by atoms with Crippen molar-refractivity contribution in [2.75, 3.05) is 31.6 Å². The third-order valence-corrected chi connectivity index (χ3v) is 8.29. The number of rotatable bonds is 6. The van der Waals surface area contributed by atoms with Crippen LogP contribution in [0.3, 0.4) is 0 Å². The average molecular weight is 487 g/mol. The maximum atomic E-state index is 13.3. The fourth-order valence-corrected chi connectivity index (χ4v) is 6.19. The highest BCUT2D eigenvalue weighted by Crippen LogP contribution is 2.31. The Labute approximate surface area is 200 Å². The summed E-state index contributed by atoms with van der Waals surface area (Å²) < 4.78 is 38.9. The molecule has 2 aromatic carbocycles. The first-order valence-electron chi connectivity index (χ1n) is 11.6. The van der Waals surface area contributed by atoms with Crippen LogP contribution >= 0.6 is 0 Å². The molecule has 4 rings (SSSR count). The Balaban J connectivity index is 1.53. The summed E-state index contributed by atoms with van der Waals surface area (Å²) >= 11 is 0. The van der Waals surface area contributed by atoms with Crippen molar-refractivity contribution in [3.63, 3.8) is 0 Å². The Morgan fingerprint density at radius 1 is 0.971 bits per heavy atom. The number of carbonyl (C=O) groups excluding carboxylic acids is 2. The molecule has 1 atom stereocenters. The Morgan fingerprint density at radius 2 is 1.68 bits per heavy atom. The van der Waals surface area contributed by atoms with E-state index >= 15 is 0 Å². The zero-order valence-electron chi connectivity index (χ0n) is 19.5. The molecule has 8 nitrogen and oxygen atoms in total. The first-order valence-corrected chi connectivity index (χ1v) is 13.1. The number of benzene rings is 2. The van der Waals surface area contributed by atoms with Crippen LogP contribution in [0.25, 0.3) is 0 Å². The minimum Gasteiger partial charge on any atom is -0.495 e. The molecule has 0 bridgehead atoms. The van der Waals surface area contributed by atoms with Gasteiger partial charge in [0, 0.05) is 25.3 Å². The molecule has 1 unspecified atom stereocenters. The lowest BCUT2D eigenvalue weighted by molar-refractivity contribution is -0.126. The topological polar surface area (TPSA) is 93.2 Å². The van der Waals surface area contributed by atoms with E-state index in [1.807, 2.05) is 24.3 Å². The molecule has 0 spiro atoms. The van der Waals surface area contributed by atoms with Gasteiger partial charge < -0.3 is 14.4 Å². The van der Waals surface area contributed by atoms with Gasteiger partial charge in [0.05, 0.1) is 12.7 Å². The molecule has 0 N–H and O–H groups in total. The van der Waals surface area contributed by atoms with Gasteiger partial charge >= 0.3 is 5.97 Å². The standard InChI is InChI=1S/C25H30N2O6S/c1-18(24(28)27-16-13-19-9-5-6-10-21(19)27)33-25(29)20-11-12-22(32-2)23(17-20)34(30,31)26-14-7-3-4-8-15-26/h5-6,9-12,17-18H,3-4,7-8,13-16H2,1-2H3. The largest absolute Gasteiger partial charge is 0.495 e. The Kier molecular flexibility index (Phi) is 7.23. The third-order valence-electron chi connectivity index (χ3n) is 6.37. The number of anilines is 1. The van der Waals surface area contributed by atoms with Crippen LogP contribution in [0.15, 0.2) is 47.4 Å². The molecule has 2 heterocycles. The second kappa shape index (κ2) is 10.1. The molecule has 1 saturated heterocycles. The fourth-order valence-electron chi connectivity index (χ4n) is 4.49. The minimum absolute atomic E-state index is 0.0515. The minimum atomic E-state index is -3.85. The number of hydrogen-bond acceptors (Lipinski definition) is 6. The van der Waals surface area contributed by atoms with Crippen LogP contribution in [-0.2, 0) is 26.0 Å². The highest BCUT2D eigenvalue weighted by atomic mass is 32.2. The number of para-hydroxylation sites is 1. The number of amides is 1. The van der Waals surface area contributed by atoms with E-state index in [1.165, 1.54) is 36.5 Å². The number of esters is 1. The average Bonchev–Trinajstić information content (AvgIpc) is 3.07. The molecule has 2 aliphatic rings. The van der Waals surface area contributed by atoms with Crippen molar-refractivity contribution in [1.82, 2.24) is 4.31 Å². The molecule has 1 fully saturated rings. The number of ether oxygens (including phenoxy) is 2. The van der Waals surface area contributed by atoms with E-state index < -0.39 is 22.1 Å². The second-order valence-corrected chi connectivity index (χ2v) is 10.5. The summed E-state index contributed by atoms with van der Waals surface area (Å²) in [7, 11) is -2.46. The van der Waals surface area contributed by atoms with Crippen LogP contribution in [0.4, 0.5) is 5.69 Å². The lowest BCUT2D eigenvalue weighted by Gasteiger charge is -2.23. The highest BCUT2D eigenvalue weighted by molar-refractivity contribution is 7.89. The summed E-state index contributed by atoms with van der Waals surface area (Å²) in [5.74, 6) is -0.911. The van der Waals surface area contributed by atoms with Crippen molar-refractivity contribution in [1.29, 1.82) is 0 Å². The quantitative estimate of drug-likeness (QED) is 0.581. The third kappa shape index (κ3) is 4.81. The predicted octanol–water partition coefficient (Wildman–Crippen LogP) is 3.39. The first kappa shape index (κ1) is 24.2. The Morgan fingerprint density at radius 3 is 2.38 bits per heavy atom. The van der Waals surface area contributed by atoms with Crippen molar-refractivity contribution in [3.8, 4) is 5.75 Å². The zero-order chi connectivity index (χ0) is 24.3. The predicted molar refractivity (Wildman–Crippen MR) is 128 cm³/mol. The van der Waals surface area contributed by atoms with Gasteiger partial charge in [0.1, 0.15) is 10.6 Å². The van der Waals surface area contributed by atoms with Gasteiger partial charge in [-0.05, 0) is 56.0 Å². The molecule has 2 aromatic rings. The number of fused-ring (bicyclic) bond motifs is 1. The van der Waals surface area contributed by atoms with Gasteiger partial charge in [0.15, 0.2) is 6.10 Å². The van der Waals surface area contributed by atoms with Crippen LogP contribution in [0.2, 0.25) is 0 Å². The lowest BCUT2D eigenvalue weighted by Crippen LogP contribution is -2.39. The van der Waals surface area contributed by atoms with Gasteiger partial charge in [-0.15, -0.1) is 0 Å². The molecular formula is C25H30N2O6S. The van der Waals surface area contributed by atoms with E-state index in [9.17, 15) is 18.0 Å². The van der Waals surface area contributed by atoms with Crippen LogP contribution < -0.4 is 9.64 Å². The Bertz CT molecular complexity index is 1170. The molecule has 0 aromatic heterocycles. The van der Waals surface area contributed by atoms with Crippen LogP contribution in [0.1, 0.15) is 48.5 Å². The van der Waals surface area contributed by atoms with Crippen molar-refractivity contribution >= 4 is 27.6 Å². The molecule has 2 aliphatic heterocycles. The summed E-state index contributed by atoms with van der Waals surface area (Å²) in [4.78, 5) is 27.4. The van der Waals surface area contributed by atoms with E-state index in [1.54, 1.807) is 4.90 Å². The summed E-state index contributed by atoms with van der Waals surface area (Å²) in [6.45, 7) is 2.92. The summed E-state index contributed by atoms with van der Waals surface area (Å²) in [5, 5.41) is 0. The summed E-state index contributed by atoms with van der Waals surface area (Å²) in [5.41, 5.74) is 1.95. The van der Waals surface area contributed by atoms with Crippen molar-refractivity contribution in [2.24, 2.45) is 0 Å². The van der Waals surface area contributed by atoms with Gasteiger partial charge in [0.2, 0.25) is 10.0 Å². The summed E-state index contributed by atoms with van der Waals surface area (Å²) in [6.07, 6.45) is 3.29. The zero-order valence-corrected chi connectivity index (χ0v) is 20.3. The van der Waals surface area contributed by atoms with E-state index in [0.717, 1.165) is 43.4 Å². The van der Waals surface area contributed by atoms with Crippen molar-refractivity contribution in [3.05, 3.63) is 53.6 Å². The molecule has 34 heavy (non-hydrogen) atoms. The van der Waals surface area contributed by atoms with Crippen molar-refractivity contribution in [2.45, 2.75) is 50.0 Å². The van der Waals surface area contributed by atoms with Crippen molar-refractivity contribution < 1.29 is 27.5 Å². The number of hydrogen-bond donors (Lipinski definition) is 0. The molecule has 0 saturated carbocycles. The van der Waals surface area contributed by atoms with Crippen LogP contribution in [0.5, 0.6) is 5.75 Å². The number of sulfonamides is 1. The van der Waals surface area contributed by atoms with Crippen LogP contribution in [0, 0.1) is 0 Å². The van der Waals surface area contributed by atoms with E-state index in [-0.39, 0.29) is 22.1 Å². The van der Waals surface area contributed by atoms with Gasteiger partial charge in [-0.2, -0.15) is 4.31 Å². The first-order chi connectivity index (χ1) is 16.3. The second-order valence-electron chi connectivity index (χ2n) is 8.60. The molecule has 0 radical (unpaired) electrons. The van der Waals surface area contributed by atoms with Crippen LogP contribution in [-0.4, -0.2) is 57.4 Å². The maximum Gasteiger partial charge on any atom is 0.338 e. The van der Waals surface area contributed by atoms with Gasteiger partial charge in [-0.3, -0.25) is 4.79 Å². The smallest absolute Gasteiger partial charge is 0.338 e. The van der Waals surface area contributed by atoms with E-state index in [2.05, 4.69) is 0 Å². The molecule has 9 heteroatoms.